The molecule has 0 atom stereocenters. The standard InChI is InChI=1S/C11H18N2OS/c1-9-8-15-11(12-9)7-13(5-6-14)10-3-2-4-10/h8,10,14H,2-7H2,1H3. The number of hydrogen-bond acceptors (Lipinski definition) is 4. The molecule has 1 heterocycles. The largest absolute Gasteiger partial charge is 0.395 e. The molecule has 0 saturated heterocycles. The fourth-order valence-corrected chi connectivity index (χ4v) is 2.72. The van der Waals surface area contributed by atoms with Crippen LogP contribution in [0.15, 0.2) is 5.38 Å². The van der Waals surface area contributed by atoms with Crippen molar-refractivity contribution in [3.8, 4) is 0 Å². The molecule has 1 saturated carbocycles. The minimum Gasteiger partial charge on any atom is -0.395 e. The van der Waals surface area contributed by atoms with E-state index in [9.17, 15) is 0 Å². The van der Waals surface area contributed by atoms with Crippen molar-refractivity contribution in [1.29, 1.82) is 0 Å². The van der Waals surface area contributed by atoms with Gasteiger partial charge in [-0.25, -0.2) is 4.98 Å². The zero-order chi connectivity index (χ0) is 10.7. The molecule has 0 aromatic carbocycles. The monoisotopic (exact) mass is 226 g/mol. The third-order valence-electron chi connectivity index (χ3n) is 2.98. The number of rotatable bonds is 5. The highest BCUT2D eigenvalue weighted by Gasteiger charge is 2.24. The third kappa shape index (κ3) is 2.77. The molecule has 0 spiro atoms. The van der Waals surface area contributed by atoms with Gasteiger partial charge in [0.1, 0.15) is 5.01 Å². The van der Waals surface area contributed by atoms with Gasteiger partial charge in [0.25, 0.3) is 0 Å². The number of nitrogens with zero attached hydrogens (tertiary/aromatic N) is 2. The van der Waals surface area contributed by atoms with Crippen molar-refractivity contribution in [2.24, 2.45) is 0 Å². The molecule has 0 aliphatic heterocycles. The lowest BCUT2D eigenvalue weighted by molar-refractivity contribution is 0.0944. The maximum atomic E-state index is 9.03. The van der Waals surface area contributed by atoms with Crippen molar-refractivity contribution in [3.63, 3.8) is 0 Å². The van der Waals surface area contributed by atoms with Gasteiger partial charge in [-0.2, -0.15) is 0 Å². The molecule has 2 rings (SSSR count). The number of aryl methyl sites for hydroxylation is 1. The summed E-state index contributed by atoms with van der Waals surface area (Å²) in [6.07, 6.45) is 3.90. The van der Waals surface area contributed by atoms with E-state index in [0.717, 1.165) is 18.8 Å². The van der Waals surface area contributed by atoms with Crippen LogP contribution in [0.1, 0.15) is 30.0 Å². The maximum absolute atomic E-state index is 9.03. The lowest BCUT2D eigenvalue weighted by Gasteiger charge is -2.36. The van der Waals surface area contributed by atoms with E-state index >= 15 is 0 Å². The Labute approximate surface area is 94.8 Å². The molecule has 15 heavy (non-hydrogen) atoms. The summed E-state index contributed by atoms with van der Waals surface area (Å²) in [7, 11) is 0. The predicted octanol–water partition coefficient (Wildman–Crippen LogP) is 1.80. The molecule has 1 aliphatic rings. The summed E-state index contributed by atoms with van der Waals surface area (Å²) in [5.41, 5.74) is 1.10. The van der Waals surface area contributed by atoms with Gasteiger partial charge in [-0.15, -0.1) is 11.3 Å². The topological polar surface area (TPSA) is 36.4 Å². The summed E-state index contributed by atoms with van der Waals surface area (Å²) < 4.78 is 0. The van der Waals surface area contributed by atoms with Crippen LogP contribution in [0.5, 0.6) is 0 Å². The van der Waals surface area contributed by atoms with E-state index in [-0.39, 0.29) is 6.61 Å². The highest BCUT2D eigenvalue weighted by molar-refractivity contribution is 7.09. The van der Waals surface area contributed by atoms with Gasteiger partial charge < -0.3 is 5.11 Å². The first kappa shape index (κ1) is 11.0. The number of aliphatic hydroxyl groups excluding tert-OH is 1. The number of thiazole rings is 1. The maximum Gasteiger partial charge on any atom is 0.107 e. The highest BCUT2D eigenvalue weighted by Crippen LogP contribution is 2.26. The van der Waals surface area contributed by atoms with Gasteiger partial charge in [0.2, 0.25) is 0 Å². The van der Waals surface area contributed by atoms with Gasteiger partial charge in [-0.05, 0) is 19.8 Å². The molecule has 1 aromatic rings. The Balaban J connectivity index is 1.93. The first-order valence-corrected chi connectivity index (χ1v) is 6.43. The van der Waals surface area contributed by atoms with Crippen LogP contribution in [0.4, 0.5) is 0 Å². The molecule has 1 aromatic heterocycles. The first-order chi connectivity index (χ1) is 7.29. The van der Waals surface area contributed by atoms with Crippen LogP contribution in [0, 0.1) is 6.92 Å². The van der Waals surface area contributed by atoms with Crippen molar-refractivity contribution in [2.75, 3.05) is 13.2 Å². The molecular weight excluding hydrogens is 208 g/mol. The number of aromatic nitrogens is 1. The van der Waals surface area contributed by atoms with Gasteiger partial charge in [-0.3, -0.25) is 4.90 Å². The van der Waals surface area contributed by atoms with Crippen LogP contribution in [-0.2, 0) is 6.54 Å². The van der Waals surface area contributed by atoms with Crippen molar-refractivity contribution in [1.82, 2.24) is 9.88 Å². The van der Waals surface area contributed by atoms with Crippen molar-refractivity contribution < 1.29 is 5.11 Å². The molecule has 0 radical (unpaired) electrons. The van der Waals surface area contributed by atoms with E-state index in [0.29, 0.717) is 6.04 Å². The minimum atomic E-state index is 0.251. The Morgan fingerprint density at radius 3 is 2.87 bits per heavy atom. The van der Waals surface area contributed by atoms with Crippen molar-refractivity contribution in [3.05, 3.63) is 16.1 Å². The SMILES string of the molecule is Cc1csc(CN(CCO)C2CCC2)n1. The lowest BCUT2D eigenvalue weighted by atomic mass is 9.91. The molecule has 4 heteroatoms. The van der Waals surface area contributed by atoms with E-state index in [2.05, 4.69) is 15.3 Å². The molecule has 0 bridgehead atoms. The van der Waals surface area contributed by atoms with Gasteiger partial charge in [0.05, 0.1) is 13.2 Å². The highest BCUT2D eigenvalue weighted by atomic mass is 32.1. The fourth-order valence-electron chi connectivity index (χ4n) is 1.92. The second-order valence-electron chi connectivity index (χ2n) is 4.16. The van der Waals surface area contributed by atoms with Crippen molar-refractivity contribution >= 4 is 11.3 Å². The Morgan fingerprint density at radius 2 is 2.40 bits per heavy atom. The molecular formula is C11H18N2OS. The molecule has 0 unspecified atom stereocenters. The second-order valence-corrected chi connectivity index (χ2v) is 5.10. The summed E-state index contributed by atoms with van der Waals surface area (Å²) in [4.78, 5) is 6.83. The van der Waals surface area contributed by atoms with E-state index in [1.807, 2.05) is 6.92 Å². The average Bonchev–Trinajstić information content (AvgIpc) is 2.48. The molecule has 1 fully saturated rings. The number of hydrogen-bond donors (Lipinski definition) is 1. The fraction of sp³-hybridized carbons (Fsp3) is 0.727. The Morgan fingerprint density at radius 1 is 1.60 bits per heavy atom. The molecule has 3 nitrogen and oxygen atoms in total. The molecule has 1 aliphatic carbocycles. The minimum absolute atomic E-state index is 0.251. The quantitative estimate of drug-likeness (QED) is 0.831. The molecule has 0 amide bonds. The lowest BCUT2D eigenvalue weighted by Crippen LogP contribution is -2.41. The first-order valence-electron chi connectivity index (χ1n) is 5.55. The van der Waals surface area contributed by atoms with Crippen LogP contribution >= 0.6 is 11.3 Å². The zero-order valence-electron chi connectivity index (χ0n) is 9.15. The second kappa shape index (κ2) is 5.05. The normalized spacial score (nSPS) is 17.0. The van der Waals surface area contributed by atoms with Gasteiger partial charge in [0.15, 0.2) is 0 Å². The Bertz CT molecular complexity index is 309. The van der Waals surface area contributed by atoms with Crippen LogP contribution in [0.25, 0.3) is 0 Å². The van der Waals surface area contributed by atoms with E-state index < -0.39 is 0 Å². The van der Waals surface area contributed by atoms with Crippen LogP contribution in [0.3, 0.4) is 0 Å². The van der Waals surface area contributed by atoms with E-state index in [1.165, 1.54) is 24.3 Å². The van der Waals surface area contributed by atoms with Gasteiger partial charge >= 0.3 is 0 Å². The van der Waals surface area contributed by atoms with E-state index in [4.69, 9.17) is 5.11 Å². The van der Waals surface area contributed by atoms with E-state index in [1.54, 1.807) is 11.3 Å². The summed E-state index contributed by atoms with van der Waals surface area (Å²) in [5, 5.41) is 12.3. The van der Waals surface area contributed by atoms with Crippen LogP contribution in [-0.4, -0.2) is 34.2 Å². The van der Waals surface area contributed by atoms with Crippen LogP contribution < -0.4 is 0 Å². The van der Waals surface area contributed by atoms with Gasteiger partial charge in [-0.1, -0.05) is 6.42 Å². The Kier molecular flexibility index (Phi) is 3.72. The zero-order valence-corrected chi connectivity index (χ0v) is 9.96. The summed E-state index contributed by atoms with van der Waals surface area (Å²) in [6.45, 7) is 3.97. The summed E-state index contributed by atoms with van der Waals surface area (Å²) >= 11 is 1.72. The Hall–Kier alpha value is -0.450. The molecule has 1 N–H and O–H groups in total. The average molecular weight is 226 g/mol. The third-order valence-corrected chi connectivity index (χ3v) is 3.93. The smallest absolute Gasteiger partial charge is 0.107 e. The number of aliphatic hydroxyl groups is 1. The van der Waals surface area contributed by atoms with Gasteiger partial charge in [0, 0.05) is 23.7 Å². The van der Waals surface area contributed by atoms with Crippen molar-refractivity contribution in [2.45, 2.75) is 38.8 Å². The summed E-state index contributed by atoms with van der Waals surface area (Å²) in [5.74, 6) is 0. The molecule has 84 valence electrons. The predicted molar refractivity (Wildman–Crippen MR) is 62.0 cm³/mol. The van der Waals surface area contributed by atoms with Crippen LogP contribution in [0.2, 0.25) is 0 Å². The summed E-state index contributed by atoms with van der Waals surface area (Å²) in [6, 6.07) is 0.682.